The van der Waals surface area contributed by atoms with Crippen molar-refractivity contribution >= 4 is 17.4 Å². The van der Waals surface area contributed by atoms with Gasteiger partial charge in [-0.2, -0.15) is 0 Å². The zero-order valence-corrected chi connectivity index (χ0v) is 12.2. The third kappa shape index (κ3) is 2.54. The number of benzene rings is 2. The molecule has 0 saturated carbocycles. The van der Waals surface area contributed by atoms with E-state index in [4.69, 9.17) is 16.3 Å². The van der Waals surface area contributed by atoms with Crippen LogP contribution in [0.3, 0.4) is 0 Å². The van der Waals surface area contributed by atoms with Crippen molar-refractivity contribution in [2.45, 2.75) is 13.8 Å². The lowest BCUT2D eigenvalue weighted by Gasteiger charge is -2.11. The second kappa shape index (κ2) is 5.63. The molecule has 0 saturated heterocycles. The molecule has 0 bridgehead atoms. The maximum Gasteiger partial charge on any atom is 0.197 e. The largest absolute Gasteiger partial charge is 0.496 e. The predicted molar refractivity (Wildman–Crippen MR) is 77.3 cm³/mol. The van der Waals surface area contributed by atoms with Crippen LogP contribution >= 0.6 is 11.6 Å². The first-order valence-corrected chi connectivity index (χ1v) is 6.47. The third-order valence-electron chi connectivity index (χ3n) is 3.12. The van der Waals surface area contributed by atoms with E-state index in [1.165, 1.54) is 18.2 Å². The average Bonchev–Trinajstić information content (AvgIpc) is 2.37. The highest BCUT2D eigenvalue weighted by atomic mass is 35.5. The van der Waals surface area contributed by atoms with E-state index < -0.39 is 11.6 Å². The zero-order valence-electron chi connectivity index (χ0n) is 11.5. The molecular weight excluding hydrogens is 279 g/mol. The Morgan fingerprint density at radius 2 is 1.80 bits per heavy atom. The molecular formula is C16H14ClFO2. The Balaban J connectivity index is 2.55. The Hall–Kier alpha value is -1.87. The number of hydrogen-bond acceptors (Lipinski definition) is 2. The van der Waals surface area contributed by atoms with Crippen molar-refractivity contribution in [3.63, 3.8) is 0 Å². The molecule has 0 fully saturated rings. The number of halogens is 2. The molecule has 0 heterocycles. The van der Waals surface area contributed by atoms with E-state index in [0.29, 0.717) is 5.56 Å². The van der Waals surface area contributed by atoms with Crippen LogP contribution in [0.5, 0.6) is 5.75 Å². The average molecular weight is 293 g/mol. The molecule has 0 aliphatic rings. The Morgan fingerprint density at radius 1 is 1.20 bits per heavy atom. The Labute approximate surface area is 122 Å². The Bertz CT molecular complexity index is 637. The summed E-state index contributed by atoms with van der Waals surface area (Å²) in [6.07, 6.45) is 0. The number of methoxy groups -OCH3 is 1. The molecule has 0 N–H and O–H groups in total. The van der Waals surface area contributed by atoms with Gasteiger partial charge in [0.15, 0.2) is 5.78 Å². The van der Waals surface area contributed by atoms with Crippen LogP contribution in [0.25, 0.3) is 0 Å². The topological polar surface area (TPSA) is 26.3 Å². The molecule has 0 radical (unpaired) electrons. The van der Waals surface area contributed by atoms with Crippen molar-refractivity contribution in [1.82, 2.24) is 0 Å². The van der Waals surface area contributed by atoms with Crippen LogP contribution < -0.4 is 4.74 Å². The van der Waals surface area contributed by atoms with E-state index in [-0.39, 0.29) is 10.6 Å². The van der Waals surface area contributed by atoms with E-state index in [0.717, 1.165) is 16.9 Å². The van der Waals surface area contributed by atoms with Crippen LogP contribution in [-0.4, -0.2) is 12.9 Å². The first-order valence-electron chi connectivity index (χ1n) is 6.09. The fourth-order valence-electron chi connectivity index (χ4n) is 2.26. The van der Waals surface area contributed by atoms with E-state index >= 15 is 0 Å². The number of aryl methyl sites for hydroxylation is 2. The van der Waals surface area contributed by atoms with Crippen molar-refractivity contribution in [2.75, 3.05) is 7.11 Å². The van der Waals surface area contributed by atoms with Gasteiger partial charge in [0.2, 0.25) is 0 Å². The van der Waals surface area contributed by atoms with Gasteiger partial charge in [0.1, 0.15) is 11.6 Å². The van der Waals surface area contributed by atoms with Crippen molar-refractivity contribution in [3.8, 4) is 5.75 Å². The molecule has 104 valence electrons. The summed E-state index contributed by atoms with van der Waals surface area (Å²) in [5.41, 5.74) is 1.94. The maximum absolute atomic E-state index is 13.8. The molecule has 2 nitrogen and oxygen atoms in total. The van der Waals surface area contributed by atoms with E-state index in [2.05, 4.69) is 0 Å². The smallest absolute Gasteiger partial charge is 0.197 e. The summed E-state index contributed by atoms with van der Waals surface area (Å²) in [5, 5.41) is 0.112. The van der Waals surface area contributed by atoms with Gasteiger partial charge in [0.05, 0.1) is 17.7 Å². The van der Waals surface area contributed by atoms with Gasteiger partial charge in [0, 0.05) is 5.56 Å². The lowest BCUT2D eigenvalue weighted by Crippen LogP contribution is -2.07. The van der Waals surface area contributed by atoms with Gasteiger partial charge in [-0.05, 0) is 49.2 Å². The number of carbonyl (C=O) groups excluding carboxylic acids is 1. The van der Waals surface area contributed by atoms with Crippen LogP contribution in [0.15, 0.2) is 30.3 Å². The van der Waals surface area contributed by atoms with E-state index in [9.17, 15) is 9.18 Å². The van der Waals surface area contributed by atoms with Gasteiger partial charge in [-0.15, -0.1) is 0 Å². The first kappa shape index (κ1) is 14.5. The zero-order chi connectivity index (χ0) is 14.9. The molecule has 0 amide bonds. The van der Waals surface area contributed by atoms with Gasteiger partial charge in [-0.3, -0.25) is 4.79 Å². The number of rotatable bonds is 3. The van der Waals surface area contributed by atoms with Crippen LogP contribution in [0.2, 0.25) is 5.02 Å². The second-order valence-electron chi connectivity index (χ2n) is 4.57. The van der Waals surface area contributed by atoms with Crippen LogP contribution in [0.1, 0.15) is 27.0 Å². The van der Waals surface area contributed by atoms with Crippen molar-refractivity contribution in [1.29, 1.82) is 0 Å². The van der Waals surface area contributed by atoms with E-state index in [1.807, 2.05) is 13.8 Å². The molecule has 20 heavy (non-hydrogen) atoms. The molecule has 0 spiro atoms. The second-order valence-corrected chi connectivity index (χ2v) is 4.98. The molecule has 2 aromatic carbocycles. The van der Waals surface area contributed by atoms with Gasteiger partial charge in [-0.1, -0.05) is 17.7 Å². The molecule has 0 aromatic heterocycles. The summed E-state index contributed by atoms with van der Waals surface area (Å²) in [7, 11) is 1.57. The monoisotopic (exact) mass is 292 g/mol. The Morgan fingerprint density at radius 3 is 2.30 bits per heavy atom. The minimum absolute atomic E-state index is 0.0990. The van der Waals surface area contributed by atoms with Gasteiger partial charge in [0.25, 0.3) is 0 Å². The molecule has 2 rings (SSSR count). The number of ketones is 1. The lowest BCUT2D eigenvalue weighted by atomic mass is 9.98. The molecule has 0 atom stereocenters. The van der Waals surface area contributed by atoms with Gasteiger partial charge in [-0.25, -0.2) is 4.39 Å². The summed E-state index contributed by atoms with van der Waals surface area (Å²) < 4.78 is 19.1. The standard InChI is InChI=1S/C16H14ClFO2/c1-9-7-11(8-10(2)16(9)20-3)15(19)14-12(17)5-4-6-13(14)18/h4-8H,1-3H3. The van der Waals surface area contributed by atoms with Gasteiger partial charge >= 0.3 is 0 Å². The molecule has 0 unspecified atom stereocenters. The third-order valence-corrected chi connectivity index (χ3v) is 3.43. The van der Waals surface area contributed by atoms with Crippen molar-refractivity contribution < 1.29 is 13.9 Å². The molecule has 0 aliphatic carbocycles. The SMILES string of the molecule is COc1c(C)cc(C(=O)c2c(F)cccc2Cl)cc1C. The van der Waals surface area contributed by atoms with Crippen LogP contribution in [-0.2, 0) is 0 Å². The summed E-state index contributed by atoms with van der Waals surface area (Å²) in [4.78, 5) is 12.4. The van der Waals surface area contributed by atoms with Crippen LogP contribution in [0, 0.1) is 19.7 Å². The minimum Gasteiger partial charge on any atom is -0.496 e. The minimum atomic E-state index is -0.617. The Kier molecular flexibility index (Phi) is 4.09. The lowest BCUT2D eigenvalue weighted by molar-refractivity contribution is 0.103. The first-order chi connectivity index (χ1) is 9.45. The molecule has 0 aliphatic heterocycles. The van der Waals surface area contributed by atoms with Gasteiger partial charge < -0.3 is 4.74 Å². The highest BCUT2D eigenvalue weighted by molar-refractivity contribution is 6.35. The highest BCUT2D eigenvalue weighted by Gasteiger charge is 2.19. The number of hydrogen-bond donors (Lipinski definition) is 0. The quantitative estimate of drug-likeness (QED) is 0.787. The highest BCUT2D eigenvalue weighted by Crippen LogP contribution is 2.28. The van der Waals surface area contributed by atoms with Crippen molar-refractivity contribution in [3.05, 3.63) is 63.4 Å². The van der Waals surface area contributed by atoms with Crippen LogP contribution in [0.4, 0.5) is 4.39 Å². The van der Waals surface area contributed by atoms with Crippen molar-refractivity contribution in [2.24, 2.45) is 0 Å². The maximum atomic E-state index is 13.8. The summed E-state index contributed by atoms with van der Waals surface area (Å²) >= 11 is 5.93. The molecule has 4 heteroatoms. The fraction of sp³-hybridized carbons (Fsp3) is 0.188. The summed E-state index contributed by atoms with van der Waals surface area (Å²) in [6, 6.07) is 7.55. The molecule has 2 aromatic rings. The van der Waals surface area contributed by atoms with E-state index in [1.54, 1.807) is 19.2 Å². The number of ether oxygens (including phenoxy) is 1. The fourth-order valence-corrected chi connectivity index (χ4v) is 2.51. The number of carbonyl (C=O) groups is 1. The predicted octanol–water partition coefficient (Wildman–Crippen LogP) is 4.34. The summed E-state index contributed by atoms with van der Waals surface area (Å²) in [5.74, 6) is -0.322. The normalized spacial score (nSPS) is 10.4. The summed E-state index contributed by atoms with van der Waals surface area (Å²) in [6.45, 7) is 3.68.